The second kappa shape index (κ2) is 7.13. The molecule has 0 radical (unpaired) electrons. The Morgan fingerprint density at radius 2 is 2.22 bits per heavy atom. The van der Waals surface area contributed by atoms with E-state index in [2.05, 4.69) is 29.0 Å². The number of carbonyl (C=O) groups is 1. The number of amides is 1. The Labute approximate surface area is 156 Å². The summed E-state index contributed by atoms with van der Waals surface area (Å²) in [5, 5.41) is 4.03. The van der Waals surface area contributed by atoms with Gasteiger partial charge in [0.25, 0.3) is 5.91 Å². The number of hydrogen-bond donors (Lipinski definition) is 1. The molecule has 4 rings (SSSR count). The Morgan fingerprint density at radius 3 is 3.04 bits per heavy atom. The standard InChI is InChI=1S/C20H23FN4O2/c1-12(2)9-14-11-18(27-24-14)20(26)25-8-4-3-5-17(25)19-22-15-7-6-13(21)10-16(15)23-19/h6-7,10-12,17H,3-5,8-9H2,1-2H3,(H,22,23)/t17-/m1/s1. The lowest BCUT2D eigenvalue weighted by atomic mass is 10.0. The van der Waals surface area contributed by atoms with Crippen LogP contribution in [0.25, 0.3) is 11.0 Å². The third kappa shape index (κ3) is 3.59. The zero-order valence-electron chi connectivity index (χ0n) is 15.5. The number of benzene rings is 1. The van der Waals surface area contributed by atoms with Crippen LogP contribution in [0.2, 0.25) is 0 Å². The maximum absolute atomic E-state index is 13.5. The number of rotatable bonds is 4. The molecule has 0 spiro atoms. The monoisotopic (exact) mass is 370 g/mol. The molecule has 1 aromatic carbocycles. The molecule has 2 aromatic heterocycles. The molecule has 3 aromatic rings. The summed E-state index contributed by atoms with van der Waals surface area (Å²) in [6.07, 6.45) is 3.52. The van der Waals surface area contributed by atoms with Crippen molar-refractivity contribution in [2.24, 2.45) is 5.92 Å². The van der Waals surface area contributed by atoms with E-state index in [1.165, 1.54) is 12.1 Å². The summed E-state index contributed by atoms with van der Waals surface area (Å²) in [7, 11) is 0. The third-order valence-corrected chi connectivity index (χ3v) is 4.93. The topological polar surface area (TPSA) is 75.0 Å². The first kappa shape index (κ1) is 17.7. The van der Waals surface area contributed by atoms with Gasteiger partial charge in [0, 0.05) is 12.6 Å². The lowest BCUT2D eigenvalue weighted by Gasteiger charge is -2.33. The average Bonchev–Trinajstić information content (AvgIpc) is 3.27. The highest BCUT2D eigenvalue weighted by molar-refractivity contribution is 5.92. The number of piperidine rings is 1. The number of aromatic amines is 1. The first-order valence-corrected chi connectivity index (χ1v) is 9.43. The second-order valence-corrected chi connectivity index (χ2v) is 7.57. The van der Waals surface area contributed by atoms with Crippen LogP contribution in [0.1, 0.15) is 61.2 Å². The van der Waals surface area contributed by atoms with E-state index in [1.54, 1.807) is 17.0 Å². The van der Waals surface area contributed by atoms with Gasteiger partial charge in [-0.05, 0) is 49.8 Å². The first-order chi connectivity index (χ1) is 13.0. The Balaban J connectivity index is 1.61. The summed E-state index contributed by atoms with van der Waals surface area (Å²) in [5.74, 6) is 0.907. The number of carbonyl (C=O) groups excluding carboxylic acids is 1. The molecule has 7 heteroatoms. The second-order valence-electron chi connectivity index (χ2n) is 7.57. The number of fused-ring (bicyclic) bond motifs is 1. The van der Waals surface area contributed by atoms with Gasteiger partial charge < -0.3 is 14.4 Å². The zero-order valence-corrected chi connectivity index (χ0v) is 15.5. The molecule has 27 heavy (non-hydrogen) atoms. The molecule has 1 aliphatic rings. The number of H-pyrrole nitrogens is 1. The smallest absolute Gasteiger partial charge is 0.293 e. The van der Waals surface area contributed by atoms with Crippen molar-refractivity contribution >= 4 is 16.9 Å². The number of hydrogen-bond acceptors (Lipinski definition) is 4. The molecule has 0 aliphatic carbocycles. The molecule has 142 valence electrons. The number of halogens is 1. The Hall–Kier alpha value is -2.70. The predicted octanol–water partition coefficient (Wildman–Crippen LogP) is 4.26. The van der Waals surface area contributed by atoms with Gasteiger partial charge in [-0.3, -0.25) is 4.79 Å². The van der Waals surface area contributed by atoms with E-state index in [4.69, 9.17) is 4.52 Å². The molecule has 3 heterocycles. The molecule has 1 atom stereocenters. The molecule has 0 unspecified atom stereocenters. The van der Waals surface area contributed by atoms with Gasteiger partial charge in [-0.25, -0.2) is 9.37 Å². The van der Waals surface area contributed by atoms with E-state index in [9.17, 15) is 9.18 Å². The summed E-state index contributed by atoms with van der Waals surface area (Å²) in [6, 6.07) is 6.02. The Bertz CT molecular complexity index is 962. The molecule has 1 saturated heterocycles. The zero-order chi connectivity index (χ0) is 19.0. The minimum absolute atomic E-state index is 0.172. The number of aromatic nitrogens is 3. The minimum Gasteiger partial charge on any atom is -0.351 e. The van der Waals surface area contributed by atoms with Gasteiger partial charge in [0.1, 0.15) is 11.6 Å². The van der Waals surface area contributed by atoms with Crippen molar-refractivity contribution in [1.29, 1.82) is 0 Å². The molecule has 1 fully saturated rings. The van der Waals surface area contributed by atoms with Crippen LogP contribution in [0.15, 0.2) is 28.8 Å². The number of likely N-dealkylation sites (tertiary alicyclic amines) is 1. The SMILES string of the molecule is CC(C)Cc1cc(C(=O)N2CCCC[C@@H]2c2nc3ccc(F)cc3[nH]2)on1. The Kier molecular flexibility index (Phi) is 4.68. The van der Waals surface area contributed by atoms with Crippen molar-refractivity contribution in [3.05, 3.63) is 47.4 Å². The molecular formula is C20H23FN4O2. The molecule has 1 aliphatic heterocycles. The molecule has 1 N–H and O–H groups in total. The summed E-state index contributed by atoms with van der Waals surface area (Å²) >= 11 is 0. The summed E-state index contributed by atoms with van der Waals surface area (Å²) in [4.78, 5) is 22.6. The lowest BCUT2D eigenvalue weighted by molar-refractivity contribution is 0.0559. The van der Waals surface area contributed by atoms with Crippen LogP contribution in [0.3, 0.4) is 0 Å². The van der Waals surface area contributed by atoms with Crippen molar-refractivity contribution in [2.45, 2.75) is 45.6 Å². The maximum atomic E-state index is 13.5. The van der Waals surface area contributed by atoms with E-state index in [0.717, 1.165) is 31.4 Å². The van der Waals surface area contributed by atoms with Gasteiger partial charge in [0.2, 0.25) is 5.76 Å². The van der Waals surface area contributed by atoms with Crippen LogP contribution < -0.4 is 0 Å². The van der Waals surface area contributed by atoms with Gasteiger partial charge in [0.15, 0.2) is 0 Å². The van der Waals surface area contributed by atoms with E-state index in [0.29, 0.717) is 29.3 Å². The molecule has 6 nitrogen and oxygen atoms in total. The van der Waals surface area contributed by atoms with Gasteiger partial charge in [-0.2, -0.15) is 0 Å². The highest BCUT2D eigenvalue weighted by Crippen LogP contribution is 2.32. The third-order valence-electron chi connectivity index (χ3n) is 4.93. The van der Waals surface area contributed by atoms with Gasteiger partial charge in [0.05, 0.1) is 22.8 Å². The molecule has 1 amide bonds. The van der Waals surface area contributed by atoms with Crippen molar-refractivity contribution in [1.82, 2.24) is 20.0 Å². The average molecular weight is 370 g/mol. The van der Waals surface area contributed by atoms with Crippen LogP contribution in [0.5, 0.6) is 0 Å². The molecule has 0 saturated carbocycles. The van der Waals surface area contributed by atoms with Gasteiger partial charge in [-0.1, -0.05) is 19.0 Å². The normalized spacial score (nSPS) is 17.8. The summed E-state index contributed by atoms with van der Waals surface area (Å²) in [5.41, 5.74) is 2.13. The first-order valence-electron chi connectivity index (χ1n) is 9.43. The lowest BCUT2D eigenvalue weighted by Crippen LogP contribution is -2.38. The largest absolute Gasteiger partial charge is 0.351 e. The van der Waals surface area contributed by atoms with E-state index < -0.39 is 0 Å². The highest BCUT2D eigenvalue weighted by atomic mass is 19.1. The highest BCUT2D eigenvalue weighted by Gasteiger charge is 2.32. The van der Waals surface area contributed by atoms with Crippen molar-refractivity contribution in [2.75, 3.05) is 6.54 Å². The quantitative estimate of drug-likeness (QED) is 0.745. The van der Waals surface area contributed by atoms with Crippen LogP contribution >= 0.6 is 0 Å². The van der Waals surface area contributed by atoms with Crippen molar-refractivity contribution in [3.8, 4) is 0 Å². The van der Waals surface area contributed by atoms with Crippen LogP contribution in [-0.2, 0) is 6.42 Å². The van der Waals surface area contributed by atoms with Crippen LogP contribution in [0.4, 0.5) is 4.39 Å². The van der Waals surface area contributed by atoms with E-state index >= 15 is 0 Å². The minimum atomic E-state index is -0.311. The van der Waals surface area contributed by atoms with Crippen LogP contribution in [-0.4, -0.2) is 32.5 Å². The van der Waals surface area contributed by atoms with E-state index in [1.807, 2.05) is 0 Å². The van der Waals surface area contributed by atoms with Gasteiger partial charge in [-0.15, -0.1) is 0 Å². The summed E-state index contributed by atoms with van der Waals surface area (Å²) in [6.45, 7) is 4.83. The number of nitrogens with zero attached hydrogens (tertiary/aromatic N) is 3. The van der Waals surface area contributed by atoms with Crippen molar-refractivity contribution in [3.63, 3.8) is 0 Å². The Morgan fingerprint density at radius 1 is 1.37 bits per heavy atom. The fraction of sp³-hybridized carbons (Fsp3) is 0.450. The van der Waals surface area contributed by atoms with Crippen LogP contribution in [0, 0.1) is 11.7 Å². The molecular weight excluding hydrogens is 347 g/mol. The maximum Gasteiger partial charge on any atom is 0.293 e. The number of imidazole rings is 1. The van der Waals surface area contributed by atoms with Gasteiger partial charge >= 0.3 is 0 Å². The fourth-order valence-electron chi connectivity index (χ4n) is 3.69. The number of nitrogens with one attached hydrogen (secondary N) is 1. The fourth-order valence-corrected chi connectivity index (χ4v) is 3.69. The predicted molar refractivity (Wildman–Crippen MR) is 98.7 cm³/mol. The summed E-state index contributed by atoms with van der Waals surface area (Å²) < 4.78 is 18.8. The molecule has 0 bridgehead atoms. The van der Waals surface area contributed by atoms with Crippen molar-refractivity contribution < 1.29 is 13.7 Å². The van der Waals surface area contributed by atoms with E-state index in [-0.39, 0.29) is 23.5 Å².